The second-order valence-electron chi connectivity index (χ2n) is 6.93. The largest absolute Gasteiger partial charge is 0.357 e. The molecule has 1 N–H and O–H groups in total. The van der Waals surface area contributed by atoms with Crippen LogP contribution in [-0.2, 0) is 6.54 Å². The summed E-state index contributed by atoms with van der Waals surface area (Å²) in [7, 11) is 0. The van der Waals surface area contributed by atoms with Gasteiger partial charge in [-0.2, -0.15) is 0 Å². The number of likely N-dealkylation sites (tertiary alicyclic amines) is 1. The van der Waals surface area contributed by atoms with E-state index in [9.17, 15) is 10.1 Å². The molecule has 2 fully saturated rings. The first-order valence-electron chi connectivity index (χ1n) is 8.89. The third-order valence-electron chi connectivity index (χ3n) is 5.32. The lowest BCUT2D eigenvalue weighted by Crippen LogP contribution is -2.41. The number of hydrogen-bond donors (Lipinski definition) is 1. The van der Waals surface area contributed by atoms with Crippen LogP contribution in [0.3, 0.4) is 0 Å². The van der Waals surface area contributed by atoms with Crippen molar-refractivity contribution in [3.63, 3.8) is 0 Å². The number of nitrogens with one attached hydrogen (secondary N) is 1. The topological polar surface area (TPSA) is 70.8 Å². The quantitative estimate of drug-likeness (QED) is 0.244. The van der Waals surface area contributed by atoms with Crippen molar-refractivity contribution >= 4 is 35.6 Å². The smallest absolute Gasteiger partial charge is 0.274 e. The lowest BCUT2D eigenvalue weighted by Gasteiger charge is -2.26. The van der Waals surface area contributed by atoms with Gasteiger partial charge in [0.25, 0.3) is 5.69 Å². The summed E-state index contributed by atoms with van der Waals surface area (Å²) in [5.74, 6) is 0.888. The normalized spacial score (nSPS) is 19.1. The molecule has 1 aliphatic heterocycles. The van der Waals surface area contributed by atoms with E-state index in [0.717, 1.165) is 25.6 Å². The number of aliphatic imine (C=N–C) groups is 1. The van der Waals surface area contributed by atoms with Gasteiger partial charge in [0.1, 0.15) is 0 Å². The molecule has 1 aromatic carbocycles. The van der Waals surface area contributed by atoms with Gasteiger partial charge in [-0.05, 0) is 31.6 Å². The van der Waals surface area contributed by atoms with Gasteiger partial charge in [0.05, 0.1) is 17.0 Å². The lowest BCUT2D eigenvalue weighted by molar-refractivity contribution is -0.385. The average molecular weight is 458 g/mol. The van der Waals surface area contributed by atoms with E-state index in [-0.39, 0.29) is 34.6 Å². The number of benzene rings is 1. The zero-order valence-electron chi connectivity index (χ0n) is 14.7. The Labute approximate surface area is 166 Å². The molecule has 1 aromatic rings. The highest BCUT2D eigenvalue weighted by molar-refractivity contribution is 14.0. The van der Waals surface area contributed by atoms with Crippen LogP contribution in [0.25, 0.3) is 0 Å². The summed E-state index contributed by atoms with van der Waals surface area (Å²) >= 11 is 0. The van der Waals surface area contributed by atoms with Gasteiger partial charge in [0.15, 0.2) is 5.96 Å². The molecule has 1 saturated heterocycles. The number of halogens is 1. The molecular formula is C18H27IN4O2. The Morgan fingerprint density at radius 2 is 2.04 bits per heavy atom. The number of nitro benzene ring substituents is 1. The van der Waals surface area contributed by atoms with Gasteiger partial charge < -0.3 is 10.2 Å². The first kappa shape index (κ1) is 19.9. The molecule has 7 heteroatoms. The number of rotatable bonds is 4. The van der Waals surface area contributed by atoms with Gasteiger partial charge in [-0.25, -0.2) is 4.99 Å². The minimum Gasteiger partial charge on any atom is -0.357 e. The fourth-order valence-electron chi connectivity index (χ4n) is 4.06. The van der Waals surface area contributed by atoms with Crippen LogP contribution in [0.1, 0.15) is 44.6 Å². The van der Waals surface area contributed by atoms with Crippen molar-refractivity contribution in [2.24, 2.45) is 10.4 Å². The molecule has 1 saturated carbocycles. The van der Waals surface area contributed by atoms with Crippen LogP contribution in [0, 0.1) is 15.5 Å². The molecule has 138 valence electrons. The number of nitro groups is 1. The maximum Gasteiger partial charge on any atom is 0.274 e. The number of para-hydroxylation sites is 1. The molecule has 0 atom stereocenters. The maximum atomic E-state index is 11.1. The molecule has 0 aromatic heterocycles. The van der Waals surface area contributed by atoms with Gasteiger partial charge in [0, 0.05) is 25.7 Å². The third-order valence-corrected chi connectivity index (χ3v) is 5.32. The van der Waals surface area contributed by atoms with E-state index in [1.165, 1.54) is 32.1 Å². The molecule has 0 unspecified atom stereocenters. The van der Waals surface area contributed by atoms with E-state index in [1.54, 1.807) is 18.2 Å². The van der Waals surface area contributed by atoms with E-state index in [0.29, 0.717) is 17.5 Å². The minimum absolute atomic E-state index is 0. The van der Waals surface area contributed by atoms with E-state index >= 15 is 0 Å². The Bertz CT molecular complexity index is 629. The van der Waals surface area contributed by atoms with E-state index in [1.807, 2.05) is 6.07 Å². The molecule has 6 nitrogen and oxygen atoms in total. The summed E-state index contributed by atoms with van der Waals surface area (Å²) < 4.78 is 0. The maximum absolute atomic E-state index is 11.1. The van der Waals surface area contributed by atoms with Crippen LogP contribution in [0.2, 0.25) is 0 Å². The zero-order valence-corrected chi connectivity index (χ0v) is 17.1. The third kappa shape index (κ3) is 4.62. The Hall–Kier alpha value is -1.38. The van der Waals surface area contributed by atoms with Crippen molar-refractivity contribution in [2.75, 3.05) is 19.6 Å². The predicted molar refractivity (Wildman–Crippen MR) is 110 cm³/mol. The fourth-order valence-corrected chi connectivity index (χ4v) is 4.06. The first-order valence-corrected chi connectivity index (χ1v) is 8.89. The Morgan fingerprint density at radius 3 is 2.72 bits per heavy atom. The number of hydrogen-bond acceptors (Lipinski definition) is 3. The monoisotopic (exact) mass is 458 g/mol. The summed E-state index contributed by atoms with van der Waals surface area (Å²) in [6, 6.07) is 6.85. The Balaban J connectivity index is 0.00000225. The van der Waals surface area contributed by atoms with Gasteiger partial charge in [-0.1, -0.05) is 31.0 Å². The van der Waals surface area contributed by atoms with Crippen molar-refractivity contribution in [3.05, 3.63) is 39.9 Å². The second kappa shape index (κ2) is 8.82. The predicted octanol–water partition coefficient (Wildman–Crippen LogP) is 3.94. The van der Waals surface area contributed by atoms with E-state index in [4.69, 9.17) is 4.99 Å². The average Bonchev–Trinajstić information content (AvgIpc) is 3.22. The molecule has 0 radical (unpaired) electrons. The molecule has 3 rings (SSSR count). The standard InChI is InChI=1S/C18H26N4O2.HI/c1-2-19-17(21-12-11-18(14-21)9-5-6-10-18)20-13-15-7-3-4-8-16(15)22(23)24;/h3-4,7-8H,2,5-6,9-14H2,1H3,(H,19,20);1H. The minimum atomic E-state index is -0.332. The molecule has 1 spiro atoms. The van der Waals surface area contributed by atoms with Crippen LogP contribution in [0.15, 0.2) is 29.3 Å². The summed E-state index contributed by atoms with van der Waals surface area (Å²) in [4.78, 5) is 17.8. The highest BCUT2D eigenvalue weighted by Gasteiger charge is 2.41. The molecule has 1 heterocycles. The lowest BCUT2D eigenvalue weighted by atomic mass is 9.86. The Kier molecular flexibility index (Phi) is 7.04. The van der Waals surface area contributed by atoms with Crippen molar-refractivity contribution in [1.29, 1.82) is 0 Å². The van der Waals surface area contributed by atoms with Gasteiger partial charge in [-0.15, -0.1) is 24.0 Å². The SMILES string of the molecule is CCNC(=NCc1ccccc1[N+](=O)[O-])N1CCC2(CCCC2)C1.I. The molecule has 25 heavy (non-hydrogen) atoms. The van der Waals surface area contributed by atoms with Gasteiger partial charge in [-0.3, -0.25) is 10.1 Å². The van der Waals surface area contributed by atoms with Crippen molar-refractivity contribution in [2.45, 2.75) is 45.6 Å². The molecule has 1 aliphatic carbocycles. The summed E-state index contributed by atoms with van der Waals surface area (Å²) in [5, 5.41) is 14.5. The highest BCUT2D eigenvalue weighted by Crippen LogP contribution is 2.45. The van der Waals surface area contributed by atoms with Crippen LogP contribution in [0.4, 0.5) is 5.69 Å². The second-order valence-corrected chi connectivity index (χ2v) is 6.93. The van der Waals surface area contributed by atoms with Crippen molar-refractivity contribution < 1.29 is 4.92 Å². The molecule has 0 amide bonds. The summed E-state index contributed by atoms with van der Waals surface area (Å²) in [6.45, 7) is 5.29. The van der Waals surface area contributed by atoms with E-state index < -0.39 is 0 Å². The van der Waals surface area contributed by atoms with Gasteiger partial charge >= 0.3 is 0 Å². The van der Waals surface area contributed by atoms with Crippen molar-refractivity contribution in [3.8, 4) is 0 Å². The first-order chi connectivity index (χ1) is 11.6. The van der Waals surface area contributed by atoms with E-state index in [2.05, 4.69) is 17.1 Å². The van der Waals surface area contributed by atoms with Gasteiger partial charge in [0.2, 0.25) is 0 Å². The van der Waals surface area contributed by atoms with Crippen molar-refractivity contribution in [1.82, 2.24) is 10.2 Å². The molecular weight excluding hydrogens is 431 g/mol. The summed E-state index contributed by atoms with van der Waals surface area (Å²) in [6.07, 6.45) is 6.58. The molecule has 2 aliphatic rings. The van der Waals surface area contributed by atoms with Crippen LogP contribution < -0.4 is 5.32 Å². The molecule has 0 bridgehead atoms. The fraction of sp³-hybridized carbons (Fsp3) is 0.611. The Morgan fingerprint density at radius 1 is 1.32 bits per heavy atom. The van der Waals surface area contributed by atoms with Crippen LogP contribution >= 0.6 is 24.0 Å². The van der Waals surface area contributed by atoms with Crippen LogP contribution in [-0.4, -0.2) is 35.4 Å². The summed E-state index contributed by atoms with van der Waals surface area (Å²) in [5.41, 5.74) is 1.29. The van der Waals surface area contributed by atoms with Crippen LogP contribution in [0.5, 0.6) is 0 Å². The zero-order chi connectivity index (χ0) is 17.0. The highest BCUT2D eigenvalue weighted by atomic mass is 127. The number of nitrogens with zero attached hydrogens (tertiary/aromatic N) is 3. The number of guanidine groups is 1.